The fourth-order valence-electron chi connectivity index (χ4n) is 1.63. The first-order valence-corrected chi connectivity index (χ1v) is 6.01. The number of hydrogen-bond donors (Lipinski definition) is 2. The number of carbonyl (C=O) groups is 1. The van der Waals surface area contributed by atoms with Crippen LogP contribution in [-0.2, 0) is 6.42 Å². The van der Waals surface area contributed by atoms with Crippen molar-refractivity contribution in [3.63, 3.8) is 0 Å². The van der Waals surface area contributed by atoms with Crippen LogP contribution in [0.5, 0.6) is 0 Å². The zero-order chi connectivity index (χ0) is 13.1. The lowest BCUT2D eigenvalue weighted by Gasteiger charge is -2.20. The van der Waals surface area contributed by atoms with Crippen LogP contribution in [-0.4, -0.2) is 18.0 Å². The summed E-state index contributed by atoms with van der Waals surface area (Å²) in [6, 6.07) is 5.40. The van der Waals surface area contributed by atoms with Crippen LogP contribution in [0.3, 0.4) is 0 Å². The summed E-state index contributed by atoms with van der Waals surface area (Å²) in [5.41, 5.74) is 6.72. The third-order valence-electron chi connectivity index (χ3n) is 2.40. The average molecular weight is 255 g/mol. The molecule has 3 N–H and O–H groups in total. The first-order valence-electron chi connectivity index (χ1n) is 5.63. The molecule has 0 radical (unpaired) electrons. The van der Waals surface area contributed by atoms with E-state index in [9.17, 15) is 4.79 Å². The molecule has 1 aromatic rings. The van der Waals surface area contributed by atoms with Gasteiger partial charge in [0.2, 0.25) is 5.91 Å². The zero-order valence-corrected chi connectivity index (χ0v) is 11.3. The van der Waals surface area contributed by atoms with Crippen LogP contribution in [0.2, 0.25) is 5.02 Å². The lowest BCUT2D eigenvalue weighted by molar-refractivity contribution is 0.0999. The third-order valence-corrected chi connectivity index (χ3v) is 2.71. The van der Waals surface area contributed by atoms with Gasteiger partial charge < -0.3 is 11.1 Å². The summed E-state index contributed by atoms with van der Waals surface area (Å²) in [5, 5.41) is 3.78. The molecule has 0 aliphatic carbocycles. The summed E-state index contributed by atoms with van der Waals surface area (Å²) >= 11 is 5.97. The van der Waals surface area contributed by atoms with E-state index in [-0.39, 0.29) is 5.54 Å². The molecule has 94 valence electrons. The van der Waals surface area contributed by atoms with Gasteiger partial charge in [-0.15, -0.1) is 0 Å². The Hall–Kier alpha value is -1.06. The van der Waals surface area contributed by atoms with Gasteiger partial charge in [-0.25, -0.2) is 0 Å². The first-order chi connectivity index (χ1) is 7.81. The second kappa shape index (κ2) is 5.52. The molecular formula is C13H19ClN2O. The predicted octanol–water partition coefficient (Wildman–Crippen LogP) is 2.37. The van der Waals surface area contributed by atoms with Gasteiger partial charge in [0.15, 0.2) is 0 Å². The summed E-state index contributed by atoms with van der Waals surface area (Å²) in [5.74, 6) is -0.471. The molecule has 0 atom stereocenters. The van der Waals surface area contributed by atoms with Crippen molar-refractivity contribution in [3.05, 3.63) is 34.3 Å². The molecule has 3 nitrogen and oxygen atoms in total. The number of nitrogens with two attached hydrogens (primary N) is 1. The van der Waals surface area contributed by atoms with Gasteiger partial charge in [-0.3, -0.25) is 4.79 Å². The van der Waals surface area contributed by atoms with E-state index in [2.05, 4.69) is 26.1 Å². The number of primary amides is 1. The smallest absolute Gasteiger partial charge is 0.250 e. The van der Waals surface area contributed by atoms with E-state index in [1.54, 1.807) is 6.07 Å². The van der Waals surface area contributed by atoms with Crippen molar-refractivity contribution in [1.82, 2.24) is 5.32 Å². The maximum atomic E-state index is 11.3. The fraction of sp³-hybridized carbons (Fsp3) is 0.462. The van der Waals surface area contributed by atoms with E-state index in [0.717, 1.165) is 18.5 Å². The van der Waals surface area contributed by atoms with Crippen LogP contribution in [0.25, 0.3) is 0 Å². The summed E-state index contributed by atoms with van der Waals surface area (Å²) in [7, 11) is 0. The van der Waals surface area contributed by atoms with Gasteiger partial charge in [0.25, 0.3) is 0 Å². The Morgan fingerprint density at radius 1 is 1.41 bits per heavy atom. The molecule has 17 heavy (non-hydrogen) atoms. The molecule has 1 aromatic carbocycles. The molecular weight excluding hydrogens is 236 g/mol. The van der Waals surface area contributed by atoms with Crippen LogP contribution < -0.4 is 11.1 Å². The topological polar surface area (TPSA) is 55.1 Å². The SMILES string of the molecule is CC(C)(C)NCCc1cccc(Cl)c1C(N)=O. The number of halogens is 1. The molecule has 0 unspecified atom stereocenters. The molecule has 1 rings (SSSR count). The molecule has 0 aliphatic rings. The fourth-order valence-corrected chi connectivity index (χ4v) is 1.91. The minimum absolute atomic E-state index is 0.0610. The van der Waals surface area contributed by atoms with Gasteiger partial charge in [-0.1, -0.05) is 23.7 Å². The van der Waals surface area contributed by atoms with Crippen molar-refractivity contribution in [3.8, 4) is 0 Å². The Balaban J connectivity index is 2.78. The van der Waals surface area contributed by atoms with Gasteiger partial charge in [-0.2, -0.15) is 0 Å². The molecule has 0 fully saturated rings. The van der Waals surface area contributed by atoms with Crippen LogP contribution >= 0.6 is 11.6 Å². The molecule has 0 aliphatic heterocycles. The van der Waals surface area contributed by atoms with Crippen molar-refractivity contribution < 1.29 is 4.79 Å². The van der Waals surface area contributed by atoms with Crippen molar-refractivity contribution in [2.24, 2.45) is 5.73 Å². The Bertz CT molecular complexity index is 410. The van der Waals surface area contributed by atoms with Crippen molar-refractivity contribution in [1.29, 1.82) is 0 Å². The van der Waals surface area contributed by atoms with Crippen LogP contribution in [0.4, 0.5) is 0 Å². The normalized spacial score (nSPS) is 11.5. The van der Waals surface area contributed by atoms with Crippen molar-refractivity contribution >= 4 is 17.5 Å². The van der Waals surface area contributed by atoms with Gasteiger partial charge in [0, 0.05) is 5.54 Å². The van der Waals surface area contributed by atoms with E-state index in [4.69, 9.17) is 17.3 Å². The van der Waals surface area contributed by atoms with E-state index in [1.807, 2.05) is 12.1 Å². The van der Waals surface area contributed by atoms with E-state index >= 15 is 0 Å². The zero-order valence-electron chi connectivity index (χ0n) is 10.5. The number of nitrogens with one attached hydrogen (secondary N) is 1. The quantitative estimate of drug-likeness (QED) is 0.867. The minimum Gasteiger partial charge on any atom is -0.366 e. The largest absolute Gasteiger partial charge is 0.366 e. The van der Waals surface area contributed by atoms with Crippen molar-refractivity contribution in [2.75, 3.05) is 6.54 Å². The highest BCUT2D eigenvalue weighted by atomic mass is 35.5. The van der Waals surface area contributed by atoms with Gasteiger partial charge in [0.1, 0.15) is 0 Å². The summed E-state index contributed by atoms with van der Waals surface area (Å²) in [6.45, 7) is 7.07. The lowest BCUT2D eigenvalue weighted by atomic mass is 10.0. The molecule has 0 aromatic heterocycles. The molecule has 0 spiro atoms. The van der Waals surface area contributed by atoms with Crippen LogP contribution in [0.1, 0.15) is 36.7 Å². The number of amides is 1. The van der Waals surface area contributed by atoms with Gasteiger partial charge in [-0.05, 0) is 45.4 Å². The highest BCUT2D eigenvalue weighted by Gasteiger charge is 2.13. The maximum Gasteiger partial charge on any atom is 0.250 e. The lowest BCUT2D eigenvalue weighted by Crippen LogP contribution is -2.37. The minimum atomic E-state index is -0.471. The highest BCUT2D eigenvalue weighted by Crippen LogP contribution is 2.19. The monoisotopic (exact) mass is 254 g/mol. The highest BCUT2D eigenvalue weighted by molar-refractivity contribution is 6.34. The van der Waals surface area contributed by atoms with Gasteiger partial charge in [0.05, 0.1) is 10.6 Å². The number of benzene rings is 1. The Morgan fingerprint density at radius 3 is 2.59 bits per heavy atom. The Labute approximate surface area is 107 Å². The number of carbonyl (C=O) groups excluding carboxylic acids is 1. The molecule has 4 heteroatoms. The summed E-state index contributed by atoms with van der Waals surface area (Å²) < 4.78 is 0. The summed E-state index contributed by atoms with van der Waals surface area (Å²) in [4.78, 5) is 11.3. The Kier molecular flexibility index (Phi) is 4.54. The average Bonchev–Trinajstić information content (AvgIpc) is 2.14. The van der Waals surface area contributed by atoms with Crippen LogP contribution in [0.15, 0.2) is 18.2 Å². The third kappa shape index (κ3) is 4.36. The second-order valence-corrected chi connectivity index (χ2v) is 5.47. The van der Waals surface area contributed by atoms with Crippen LogP contribution in [0, 0.1) is 0 Å². The van der Waals surface area contributed by atoms with E-state index in [1.165, 1.54) is 0 Å². The molecule has 0 saturated heterocycles. The molecule has 0 saturated carbocycles. The van der Waals surface area contributed by atoms with Gasteiger partial charge >= 0.3 is 0 Å². The number of rotatable bonds is 4. The first kappa shape index (κ1) is 14.0. The van der Waals surface area contributed by atoms with Crippen molar-refractivity contribution in [2.45, 2.75) is 32.7 Å². The second-order valence-electron chi connectivity index (χ2n) is 5.06. The standard InChI is InChI=1S/C13H19ClN2O/c1-13(2,3)16-8-7-9-5-4-6-10(14)11(9)12(15)17/h4-6,16H,7-8H2,1-3H3,(H2,15,17). The number of hydrogen-bond acceptors (Lipinski definition) is 2. The Morgan fingerprint density at radius 2 is 2.06 bits per heavy atom. The molecule has 1 amide bonds. The predicted molar refractivity (Wildman–Crippen MR) is 71.4 cm³/mol. The van der Waals surface area contributed by atoms with E-state index in [0.29, 0.717) is 10.6 Å². The maximum absolute atomic E-state index is 11.3. The summed E-state index contributed by atoms with van der Waals surface area (Å²) in [6.07, 6.45) is 0.732. The molecule has 0 bridgehead atoms. The molecule has 0 heterocycles. The van der Waals surface area contributed by atoms with E-state index < -0.39 is 5.91 Å².